The van der Waals surface area contributed by atoms with Gasteiger partial charge in [-0.3, -0.25) is 0 Å². The van der Waals surface area contributed by atoms with Gasteiger partial charge in [-0.1, -0.05) is 39.1 Å². The molecule has 0 heterocycles. The Bertz CT molecular complexity index is 400. The highest BCUT2D eigenvalue weighted by Gasteiger charge is 2.42. The van der Waals surface area contributed by atoms with E-state index in [9.17, 15) is 0 Å². The second-order valence-corrected chi connectivity index (χ2v) is 5.89. The molecule has 1 aromatic rings. The van der Waals surface area contributed by atoms with E-state index in [-0.39, 0.29) is 12.2 Å². The summed E-state index contributed by atoms with van der Waals surface area (Å²) in [6, 6.07) is 5.28. The van der Waals surface area contributed by atoms with Gasteiger partial charge in [-0.15, -0.1) is 0 Å². The number of rotatable bonds is 4. The van der Waals surface area contributed by atoms with Crippen LogP contribution in [-0.4, -0.2) is 23.6 Å². The Labute approximate surface area is 119 Å². The minimum atomic E-state index is 0.0802. The molecule has 0 amide bonds. The average Bonchev–Trinajstić information content (AvgIpc) is 2.30. The molecule has 5 heteroatoms. The van der Waals surface area contributed by atoms with Crippen molar-refractivity contribution in [2.45, 2.75) is 30.4 Å². The van der Waals surface area contributed by atoms with Gasteiger partial charge in [0.2, 0.25) is 0 Å². The number of hydrogen-bond acceptors (Lipinski definition) is 2. The fraction of sp³-hybridized carbons (Fsp3) is 0.500. The van der Waals surface area contributed by atoms with Crippen molar-refractivity contribution in [3.05, 3.63) is 28.2 Å². The average molecular weight is 340 g/mol. The van der Waals surface area contributed by atoms with Crippen molar-refractivity contribution in [1.29, 1.82) is 0 Å². The fourth-order valence-corrected chi connectivity index (χ4v) is 2.92. The van der Waals surface area contributed by atoms with Crippen LogP contribution in [0.15, 0.2) is 18.2 Å². The zero-order chi connectivity index (χ0) is 12.4. The van der Waals surface area contributed by atoms with Crippen LogP contribution in [0.5, 0.6) is 5.75 Å². The maximum atomic E-state index is 5.93. The molecule has 3 unspecified atom stereocenters. The number of ether oxygens (including phenoxy) is 2. The van der Waals surface area contributed by atoms with Crippen molar-refractivity contribution in [2.75, 3.05) is 6.61 Å². The Morgan fingerprint density at radius 1 is 1.35 bits per heavy atom. The van der Waals surface area contributed by atoms with Gasteiger partial charge in [0, 0.05) is 23.9 Å². The summed E-state index contributed by atoms with van der Waals surface area (Å²) < 4.78 is 11.4. The molecule has 3 atom stereocenters. The predicted octanol–water partition coefficient (Wildman–Crippen LogP) is 4.31. The zero-order valence-electron chi connectivity index (χ0n) is 9.33. The SMILES string of the molecule is CCOC1C(Br)CC1Oc1ccc(Cl)c(Cl)c1. The van der Waals surface area contributed by atoms with Gasteiger partial charge in [0.25, 0.3) is 0 Å². The number of hydrogen-bond donors (Lipinski definition) is 0. The summed E-state index contributed by atoms with van der Waals surface area (Å²) in [7, 11) is 0. The van der Waals surface area contributed by atoms with E-state index in [0.29, 0.717) is 21.5 Å². The van der Waals surface area contributed by atoms with E-state index in [2.05, 4.69) is 15.9 Å². The molecule has 1 saturated carbocycles. The van der Waals surface area contributed by atoms with E-state index in [1.807, 2.05) is 13.0 Å². The lowest BCUT2D eigenvalue weighted by Gasteiger charge is -2.40. The summed E-state index contributed by atoms with van der Waals surface area (Å²) in [4.78, 5) is 0.371. The topological polar surface area (TPSA) is 18.5 Å². The molecule has 2 rings (SSSR count). The molecular weight excluding hydrogens is 327 g/mol. The second-order valence-electron chi connectivity index (χ2n) is 3.90. The van der Waals surface area contributed by atoms with Crippen LogP contribution < -0.4 is 4.74 Å². The molecule has 0 aromatic heterocycles. The van der Waals surface area contributed by atoms with Crippen LogP contribution in [0.25, 0.3) is 0 Å². The first-order valence-electron chi connectivity index (χ1n) is 5.49. The Morgan fingerprint density at radius 2 is 2.12 bits per heavy atom. The third-order valence-electron chi connectivity index (χ3n) is 2.72. The molecule has 1 aliphatic rings. The van der Waals surface area contributed by atoms with Crippen LogP contribution in [0.1, 0.15) is 13.3 Å². The van der Waals surface area contributed by atoms with E-state index >= 15 is 0 Å². The molecular formula is C12H13BrCl2O2. The van der Waals surface area contributed by atoms with Crippen molar-refractivity contribution in [3.63, 3.8) is 0 Å². The zero-order valence-corrected chi connectivity index (χ0v) is 12.4. The molecule has 0 aliphatic heterocycles. The molecule has 0 saturated heterocycles. The summed E-state index contributed by atoms with van der Waals surface area (Å²) in [5.41, 5.74) is 0. The summed E-state index contributed by atoms with van der Waals surface area (Å²) in [5.74, 6) is 0.730. The Balaban J connectivity index is 1.99. The van der Waals surface area contributed by atoms with Crippen LogP contribution in [0.2, 0.25) is 10.0 Å². The van der Waals surface area contributed by atoms with Crippen molar-refractivity contribution >= 4 is 39.1 Å². The van der Waals surface area contributed by atoms with Crippen LogP contribution in [0.3, 0.4) is 0 Å². The first-order chi connectivity index (χ1) is 8.11. The highest BCUT2D eigenvalue weighted by atomic mass is 79.9. The lowest BCUT2D eigenvalue weighted by molar-refractivity contribution is -0.0723. The summed E-state index contributed by atoms with van der Waals surface area (Å²) in [6.07, 6.45) is 1.12. The van der Waals surface area contributed by atoms with E-state index < -0.39 is 0 Å². The van der Waals surface area contributed by atoms with Gasteiger partial charge in [0.1, 0.15) is 18.0 Å². The van der Waals surface area contributed by atoms with Crippen molar-refractivity contribution in [3.8, 4) is 5.75 Å². The highest BCUT2D eigenvalue weighted by Crippen LogP contribution is 2.35. The summed E-state index contributed by atoms with van der Waals surface area (Å²) >= 11 is 15.3. The van der Waals surface area contributed by atoms with E-state index in [1.54, 1.807) is 12.1 Å². The van der Waals surface area contributed by atoms with Crippen molar-refractivity contribution < 1.29 is 9.47 Å². The minimum Gasteiger partial charge on any atom is -0.488 e. The standard InChI is InChI=1S/C12H13BrCl2O2/c1-2-16-12-8(13)6-11(12)17-7-3-4-9(14)10(15)5-7/h3-5,8,11-12H,2,6H2,1H3. The molecule has 0 N–H and O–H groups in total. The van der Waals surface area contributed by atoms with Gasteiger partial charge in [-0.05, 0) is 19.1 Å². The summed E-state index contributed by atoms with van der Waals surface area (Å²) in [5, 5.41) is 1.04. The largest absolute Gasteiger partial charge is 0.488 e. The maximum Gasteiger partial charge on any atom is 0.127 e. The van der Waals surface area contributed by atoms with Crippen LogP contribution in [0, 0.1) is 0 Å². The van der Waals surface area contributed by atoms with Gasteiger partial charge in [-0.2, -0.15) is 0 Å². The third-order valence-corrected chi connectivity index (χ3v) is 4.35. The second kappa shape index (κ2) is 5.79. The van der Waals surface area contributed by atoms with Gasteiger partial charge in [-0.25, -0.2) is 0 Å². The molecule has 1 aliphatic carbocycles. The number of halogens is 3. The predicted molar refractivity (Wildman–Crippen MR) is 73.6 cm³/mol. The quantitative estimate of drug-likeness (QED) is 0.761. The molecule has 1 fully saturated rings. The van der Waals surface area contributed by atoms with Crippen molar-refractivity contribution in [1.82, 2.24) is 0 Å². The Kier molecular flexibility index (Phi) is 4.59. The molecule has 1 aromatic carbocycles. The normalized spacial score (nSPS) is 27.6. The first-order valence-corrected chi connectivity index (χ1v) is 7.16. The summed E-state index contributed by atoms with van der Waals surface area (Å²) in [6.45, 7) is 2.67. The Morgan fingerprint density at radius 3 is 2.71 bits per heavy atom. The van der Waals surface area contributed by atoms with Gasteiger partial charge in [0.05, 0.1) is 10.0 Å². The molecule has 0 bridgehead atoms. The van der Waals surface area contributed by atoms with Crippen LogP contribution >= 0.6 is 39.1 Å². The van der Waals surface area contributed by atoms with E-state index in [1.165, 1.54) is 0 Å². The third kappa shape index (κ3) is 3.08. The maximum absolute atomic E-state index is 5.93. The monoisotopic (exact) mass is 338 g/mol. The van der Waals surface area contributed by atoms with E-state index in [0.717, 1.165) is 12.2 Å². The van der Waals surface area contributed by atoms with Crippen LogP contribution in [-0.2, 0) is 4.74 Å². The lowest BCUT2D eigenvalue weighted by atomic mass is 9.91. The molecule has 0 spiro atoms. The van der Waals surface area contributed by atoms with Gasteiger partial charge >= 0.3 is 0 Å². The number of alkyl halides is 1. The van der Waals surface area contributed by atoms with Gasteiger partial charge in [0.15, 0.2) is 0 Å². The minimum absolute atomic E-state index is 0.0802. The lowest BCUT2D eigenvalue weighted by Crippen LogP contribution is -2.52. The first kappa shape index (κ1) is 13.5. The number of benzene rings is 1. The highest BCUT2D eigenvalue weighted by molar-refractivity contribution is 9.09. The fourth-order valence-electron chi connectivity index (χ4n) is 1.77. The van der Waals surface area contributed by atoms with Crippen LogP contribution in [0.4, 0.5) is 0 Å². The molecule has 17 heavy (non-hydrogen) atoms. The van der Waals surface area contributed by atoms with Crippen molar-refractivity contribution in [2.24, 2.45) is 0 Å². The molecule has 0 radical (unpaired) electrons. The Hall–Kier alpha value is 0.0400. The van der Waals surface area contributed by atoms with E-state index in [4.69, 9.17) is 32.7 Å². The molecule has 94 valence electrons. The molecule has 2 nitrogen and oxygen atoms in total. The smallest absolute Gasteiger partial charge is 0.127 e. The van der Waals surface area contributed by atoms with Gasteiger partial charge < -0.3 is 9.47 Å².